The van der Waals surface area contributed by atoms with Crippen LogP contribution in [0.5, 0.6) is 5.75 Å². The van der Waals surface area contributed by atoms with E-state index in [4.69, 9.17) is 9.15 Å². The summed E-state index contributed by atoms with van der Waals surface area (Å²) in [6.45, 7) is 3.58. The predicted octanol–water partition coefficient (Wildman–Crippen LogP) is 3.14. The SMILES string of the molecule is Cc1ccoc1CNc1ccc2c(c1)CCO2. The second-order valence-electron chi connectivity index (χ2n) is 4.30. The Bertz CT molecular complexity index is 531. The summed E-state index contributed by atoms with van der Waals surface area (Å²) in [6, 6.07) is 8.20. The van der Waals surface area contributed by atoms with Crippen molar-refractivity contribution >= 4 is 5.69 Å². The molecule has 17 heavy (non-hydrogen) atoms. The fourth-order valence-corrected chi connectivity index (χ4v) is 2.06. The van der Waals surface area contributed by atoms with Gasteiger partial charge in [-0.2, -0.15) is 0 Å². The molecule has 1 aromatic heterocycles. The van der Waals surface area contributed by atoms with Gasteiger partial charge in [0.25, 0.3) is 0 Å². The van der Waals surface area contributed by atoms with Gasteiger partial charge in [-0.15, -0.1) is 0 Å². The van der Waals surface area contributed by atoms with E-state index in [9.17, 15) is 0 Å². The van der Waals surface area contributed by atoms with Gasteiger partial charge in [0.05, 0.1) is 19.4 Å². The molecule has 0 amide bonds. The van der Waals surface area contributed by atoms with Gasteiger partial charge >= 0.3 is 0 Å². The first-order valence-electron chi connectivity index (χ1n) is 5.85. The molecule has 0 aliphatic carbocycles. The van der Waals surface area contributed by atoms with Gasteiger partial charge in [0.15, 0.2) is 0 Å². The van der Waals surface area contributed by atoms with Crippen LogP contribution in [-0.4, -0.2) is 6.61 Å². The lowest BCUT2D eigenvalue weighted by Gasteiger charge is -2.07. The highest BCUT2D eigenvalue weighted by molar-refractivity contribution is 5.52. The van der Waals surface area contributed by atoms with Crippen molar-refractivity contribution in [1.29, 1.82) is 0 Å². The summed E-state index contributed by atoms with van der Waals surface area (Å²) in [5, 5.41) is 3.37. The number of hydrogen-bond donors (Lipinski definition) is 1. The Morgan fingerprint density at radius 1 is 1.29 bits per heavy atom. The van der Waals surface area contributed by atoms with Crippen molar-refractivity contribution in [2.75, 3.05) is 11.9 Å². The summed E-state index contributed by atoms with van der Waals surface area (Å²) < 4.78 is 10.9. The molecule has 0 spiro atoms. The van der Waals surface area contributed by atoms with Gasteiger partial charge in [0, 0.05) is 12.1 Å². The number of hydrogen-bond acceptors (Lipinski definition) is 3. The fraction of sp³-hybridized carbons (Fsp3) is 0.286. The van der Waals surface area contributed by atoms with E-state index in [0.717, 1.165) is 36.8 Å². The molecule has 1 aromatic carbocycles. The maximum atomic E-state index is 5.48. The standard InChI is InChI=1S/C14H15NO2/c1-10-4-6-17-14(10)9-15-12-2-3-13-11(8-12)5-7-16-13/h2-4,6,8,15H,5,7,9H2,1H3. The molecule has 1 N–H and O–H groups in total. The zero-order valence-electron chi connectivity index (χ0n) is 9.82. The summed E-state index contributed by atoms with van der Waals surface area (Å²) in [4.78, 5) is 0. The van der Waals surface area contributed by atoms with Gasteiger partial charge in [0.1, 0.15) is 11.5 Å². The molecule has 0 atom stereocenters. The molecule has 3 rings (SSSR count). The van der Waals surface area contributed by atoms with E-state index in [-0.39, 0.29) is 0 Å². The van der Waals surface area contributed by atoms with Crippen LogP contribution < -0.4 is 10.1 Å². The van der Waals surface area contributed by atoms with Crippen molar-refractivity contribution in [2.24, 2.45) is 0 Å². The van der Waals surface area contributed by atoms with Crippen molar-refractivity contribution in [3.8, 4) is 5.75 Å². The number of nitrogens with one attached hydrogen (secondary N) is 1. The summed E-state index contributed by atoms with van der Waals surface area (Å²) in [6.07, 6.45) is 2.73. The van der Waals surface area contributed by atoms with E-state index >= 15 is 0 Å². The molecular formula is C14H15NO2. The van der Waals surface area contributed by atoms with Crippen molar-refractivity contribution in [1.82, 2.24) is 0 Å². The Kier molecular flexibility index (Phi) is 2.52. The van der Waals surface area contributed by atoms with Gasteiger partial charge in [-0.3, -0.25) is 0 Å². The Hall–Kier alpha value is -1.90. The molecule has 88 valence electrons. The van der Waals surface area contributed by atoms with Gasteiger partial charge in [0.2, 0.25) is 0 Å². The summed E-state index contributed by atoms with van der Waals surface area (Å²) in [5.41, 5.74) is 3.58. The van der Waals surface area contributed by atoms with Gasteiger partial charge in [-0.1, -0.05) is 0 Å². The van der Waals surface area contributed by atoms with Crippen molar-refractivity contribution < 1.29 is 9.15 Å². The minimum atomic E-state index is 0.721. The van der Waals surface area contributed by atoms with Gasteiger partial charge in [-0.05, 0) is 42.3 Å². The van der Waals surface area contributed by atoms with Crippen LogP contribution in [0.15, 0.2) is 34.9 Å². The first-order chi connectivity index (χ1) is 8.33. The number of anilines is 1. The zero-order valence-corrected chi connectivity index (χ0v) is 9.82. The molecule has 3 heteroatoms. The third kappa shape index (κ3) is 2.00. The average molecular weight is 229 g/mol. The van der Waals surface area contributed by atoms with Crippen molar-refractivity contribution in [3.63, 3.8) is 0 Å². The van der Waals surface area contributed by atoms with Gasteiger partial charge in [-0.25, -0.2) is 0 Å². The smallest absolute Gasteiger partial charge is 0.125 e. The molecule has 2 heterocycles. The van der Waals surface area contributed by atoms with Crippen LogP contribution in [0.1, 0.15) is 16.9 Å². The lowest BCUT2D eigenvalue weighted by molar-refractivity contribution is 0.357. The van der Waals surface area contributed by atoms with Crippen LogP contribution in [0.2, 0.25) is 0 Å². The zero-order chi connectivity index (χ0) is 11.7. The highest BCUT2D eigenvalue weighted by Gasteiger charge is 2.12. The average Bonchev–Trinajstić information content (AvgIpc) is 2.94. The van der Waals surface area contributed by atoms with E-state index in [2.05, 4.69) is 18.3 Å². The Morgan fingerprint density at radius 3 is 3.06 bits per heavy atom. The third-order valence-corrected chi connectivity index (χ3v) is 3.11. The van der Waals surface area contributed by atoms with E-state index in [1.165, 1.54) is 11.1 Å². The molecule has 0 bridgehead atoms. The number of rotatable bonds is 3. The predicted molar refractivity (Wildman–Crippen MR) is 66.4 cm³/mol. The lowest BCUT2D eigenvalue weighted by atomic mass is 10.1. The van der Waals surface area contributed by atoms with E-state index in [0.29, 0.717) is 0 Å². The molecule has 0 saturated heterocycles. The molecule has 0 fully saturated rings. The van der Waals surface area contributed by atoms with Gasteiger partial charge < -0.3 is 14.5 Å². The van der Waals surface area contributed by atoms with Crippen LogP contribution in [-0.2, 0) is 13.0 Å². The van der Waals surface area contributed by atoms with Crippen LogP contribution in [0.4, 0.5) is 5.69 Å². The molecule has 0 unspecified atom stereocenters. The number of benzene rings is 1. The molecular weight excluding hydrogens is 214 g/mol. The van der Waals surface area contributed by atoms with E-state index in [1.807, 2.05) is 18.2 Å². The van der Waals surface area contributed by atoms with Crippen molar-refractivity contribution in [3.05, 3.63) is 47.4 Å². The van der Waals surface area contributed by atoms with Crippen LogP contribution in [0.3, 0.4) is 0 Å². The Balaban J connectivity index is 1.72. The van der Waals surface area contributed by atoms with Crippen LogP contribution in [0.25, 0.3) is 0 Å². The summed E-state index contributed by atoms with van der Waals surface area (Å²) >= 11 is 0. The normalized spacial score (nSPS) is 13.2. The lowest BCUT2D eigenvalue weighted by Crippen LogP contribution is -1.99. The minimum Gasteiger partial charge on any atom is -0.493 e. The highest BCUT2D eigenvalue weighted by Crippen LogP contribution is 2.28. The van der Waals surface area contributed by atoms with Crippen LogP contribution >= 0.6 is 0 Å². The van der Waals surface area contributed by atoms with E-state index < -0.39 is 0 Å². The first-order valence-corrected chi connectivity index (χ1v) is 5.85. The fourth-order valence-electron chi connectivity index (χ4n) is 2.06. The minimum absolute atomic E-state index is 0.721. The topological polar surface area (TPSA) is 34.4 Å². The third-order valence-electron chi connectivity index (χ3n) is 3.11. The van der Waals surface area contributed by atoms with Crippen LogP contribution in [0, 0.1) is 6.92 Å². The Morgan fingerprint density at radius 2 is 2.24 bits per heavy atom. The molecule has 0 radical (unpaired) electrons. The monoisotopic (exact) mass is 229 g/mol. The number of ether oxygens (including phenoxy) is 1. The number of aryl methyl sites for hydroxylation is 1. The summed E-state index contributed by atoms with van der Waals surface area (Å²) in [5.74, 6) is 2.01. The maximum absolute atomic E-state index is 5.48. The molecule has 1 aliphatic rings. The molecule has 2 aromatic rings. The number of fused-ring (bicyclic) bond motifs is 1. The first kappa shape index (κ1) is 10.3. The second-order valence-corrected chi connectivity index (χ2v) is 4.30. The molecule has 0 saturated carbocycles. The molecule has 1 aliphatic heterocycles. The maximum Gasteiger partial charge on any atom is 0.125 e. The Labute approximate surface area is 100 Å². The van der Waals surface area contributed by atoms with E-state index in [1.54, 1.807) is 6.26 Å². The largest absolute Gasteiger partial charge is 0.493 e. The second kappa shape index (κ2) is 4.17. The quantitative estimate of drug-likeness (QED) is 0.878. The molecule has 3 nitrogen and oxygen atoms in total. The van der Waals surface area contributed by atoms with Crippen molar-refractivity contribution in [2.45, 2.75) is 19.9 Å². The summed E-state index contributed by atoms with van der Waals surface area (Å²) in [7, 11) is 0. The highest BCUT2D eigenvalue weighted by atomic mass is 16.5. The number of furan rings is 1.